The van der Waals surface area contributed by atoms with Crippen molar-refractivity contribution in [3.05, 3.63) is 6.42 Å². The Morgan fingerprint density at radius 1 is 1.71 bits per heavy atom. The monoisotopic (exact) mass is 96.1 g/mol. The first-order valence-corrected chi connectivity index (χ1v) is 2.52. The van der Waals surface area contributed by atoms with Gasteiger partial charge < -0.3 is 5.32 Å². The van der Waals surface area contributed by atoms with Crippen LogP contribution in [-0.4, -0.2) is 13.1 Å². The van der Waals surface area contributed by atoms with Gasteiger partial charge in [-0.05, 0) is 13.0 Å². The minimum Gasteiger partial charge on any atom is -0.316 e. The molecule has 0 aromatic rings. The second-order valence-electron chi connectivity index (χ2n) is 1.28. The lowest BCUT2D eigenvalue weighted by Crippen LogP contribution is -2.12. The quantitative estimate of drug-likeness (QED) is 0.400. The van der Waals surface area contributed by atoms with Crippen molar-refractivity contribution in [3.8, 4) is 5.92 Å². The van der Waals surface area contributed by atoms with E-state index in [1.165, 1.54) is 0 Å². The SMILES string of the molecule is [C]#CCCNCC. The number of nitrogens with one attached hydrogen (secondary N) is 1. The molecule has 0 aromatic carbocycles. The third kappa shape index (κ3) is 5.52. The molecule has 0 aromatic heterocycles. The molecule has 0 amide bonds. The molecule has 0 aliphatic heterocycles. The van der Waals surface area contributed by atoms with E-state index in [2.05, 4.69) is 11.2 Å². The molecule has 39 valence electrons. The van der Waals surface area contributed by atoms with Crippen molar-refractivity contribution in [1.82, 2.24) is 5.32 Å². The summed E-state index contributed by atoms with van der Waals surface area (Å²) < 4.78 is 0. The maximum absolute atomic E-state index is 6.49. The Hall–Kier alpha value is -0.480. The molecular weight excluding hydrogens is 86.1 g/mol. The van der Waals surface area contributed by atoms with Gasteiger partial charge in [-0.25, -0.2) is 0 Å². The summed E-state index contributed by atoms with van der Waals surface area (Å²) in [6.07, 6.45) is 7.22. The van der Waals surface area contributed by atoms with Crippen LogP contribution in [0.4, 0.5) is 0 Å². The number of rotatable bonds is 3. The maximum atomic E-state index is 6.49. The fourth-order valence-electron chi connectivity index (χ4n) is 0.328. The Morgan fingerprint density at radius 2 is 2.43 bits per heavy atom. The maximum Gasteiger partial charge on any atom is 0.0224 e. The van der Waals surface area contributed by atoms with E-state index < -0.39 is 0 Å². The van der Waals surface area contributed by atoms with Crippen molar-refractivity contribution >= 4 is 0 Å². The lowest BCUT2D eigenvalue weighted by Gasteiger charge is -1.91. The van der Waals surface area contributed by atoms with Gasteiger partial charge in [-0.1, -0.05) is 12.8 Å². The molecule has 1 radical (unpaired) electrons. The van der Waals surface area contributed by atoms with Gasteiger partial charge in [-0.2, -0.15) is 0 Å². The second-order valence-corrected chi connectivity index (χ2v) is 1.28. The van der Waals surface area contributed by atoms with Gasteiger partial charge in [0.25, 0.3) is 0 Å². The summed E-state index contributed by atoms with van der Waals surface area (Å²) in [5, 5.41) is 3.07. The molecule has 1 N–H and O–H groups in total. The average Bonchev–Trinajstić information content (AvgIpc) is 1.69. The van der Waals surface area contributed by atoms with E-state index in [1.54, 1.807) is 0 Å². The minimum absolute atomic E-state index is 0.730. The van der Waals surface area contributed by atoms with Gasteiger partial charge in [0.15, 0.2) is 0 Å². The standard InChI is InChI=1S/C6H10N/c1-3-5-6-7-4-2/h7H,4-6H2,2H3. The van der Waals surface area contributed by atoms with Gasteiger partial charge in [0.1, 0.15) is 0 Å². The fraction of sp³-hybridized carbons (Fsp3) is 0.667. The zero-order chi connectivity index (χ0) is 5.54. The molecule has 1 nitrogen and oxygen atoms in total. The molecule has 7 heavy (non-hydrogen) atoms. The van der Waals surface area contributed by atoms with Crippen molar-refractivity contribution in [2.24, 2.45) is 0 Å². The smallest absolute Gasteiger partial charge is 0.0224 e. The van der Waals surface area contributed by atoms with E-state index in [4.69, 9.17) is 6.42 Å². The summed E-state index contributed by atoms with van der Waals surface area (Å²) in [7, 11) is 0. The molecule has 0 aliphatic rings. The molecule has 0 bridgehead atoms. The molecule has 0 heterocycles. The Labute approximate surface area is 45.1 Å². The zero-order valence-corrected chi connectivity index (χ0v) is 4.62. The summed E-state index contributed by atoms with van der Waals surface area (Å²) in [6.45, 7) is 3.92. The van der Waals surface area contributed by atoms with E-state index in [0.717, 1.165) is 19.5 Å². The molecule has 0 rings (SSSR count). The van der Waals surface area contributed by atoms with Gasteiger partial charge in [-0.15, -0.1) is 0 Å². The number of hydrogen-bond acceptors (Lipinski definition) is 1. The summed E-state index contributed by atoms with van der Waals surface area (Å²) in [4.78, 5) is 0. The highest BCUT2D eigenvalue weighted by Gasteiger charge is 1.74. The van der Waals surface area contributed by atoms with Crippen LogP contribution in [-0.2, 0) is 0 Å². The molecule has 0 atom stereocenters. The van der Waals surface area contributed by atoms with Crippen LogP contribution >= 0.6 is 0 Å². The molecule has 0 unspecified atom stereocenters. The van der Waals surface area contributed by atoms with Gasteiger partial charge in [0.2, 0.25) is 0 Å². The van der Waals surface area contributed by atoms with Crippen LogP contribution in [0.3, 0.4) is 0 Å². The first kappa shape index (κ1) is 6.52. The predicted octanol–water partition coefficient (Wildman–Crippen LogP) is 0.576. The van der Waals surface area contributed by atoms with Crippen LogP contribution in [0, 0.1) is 12.3 Å². The molecule has 0 saturated carbocycles. The summed E-state index contributed by atoms with van der Waals surface area (Å²) >= 11 is 0. The van der Waals surface area contributed by atoms with Gasteiger partial charge in [0, 0.05) is 13.0 Å². The highest BCUT2D eigenvalue weighted by Crippen LogP contribution is 1.66. The van der Waals surface area contributed by atoms with Gasteiger partial charge in [-0.3, -0.25) is 0 Å². The second kappa shape index (κ2) is 5.52. The van der Waals surface area contributed by atoms with E-state index in [9.17, 15) is 0 Å². The van der Waals surface area contributed by atoms with Crippen molar-refractivity contribution in [1.29, 1.82) is 0 Å². The van der Waals surface area contributed by atoms with Gasteiger partial charge in [0.05, 0.1) is 0 Å². The van der Waals surface area contributed by atoms with E-state index in [0.29, 0.717) is 0 Å². The lowest BCUT2D eigenvalue weighted by atomic mass is 10.4. The Bertz CT molecular complexity index is 61.1. The van der Waals surface area contributed by atoms with Crippen LogP contribution in [0.15, 0.2) is 0 Å². The summed E-state index contributed by atoms with van der Waals surface area (Å²) in [5.74, 6) is 2.29. The minimum atomic E-state index is 0.730. The summed E-state index contributed by atoms with van der Waals surface area (Å²) in [6, 6.07) is 0. The van der Waals surface area contributed by atoms with E-state index in [1.807, 2.05) is 6.92 Å². The predicted molar refractivity (Wildman–Crippen MR) is 30.3 cm³/mol. The van der Waals surface area contributed by atoms with Crippen LogP contribution in [0.25, 0.3) is 0 Å². The normalized spacial score (nSPS) is 8.00. The Kier molecular flexibility index (Phi) is 5.14. The number of hydrogen-bond donors (Lipinski definition) is 1. The zero-order valence-electron chi connectivity index (χ0n) is 4.62. The van der Waals surface area contributed by atoms with E-state index >= 15 is 0 Å². The topological polar surface area (TPSA) is 12.0 Å². The lowest BCUT2D eigenvalue weighted by molar-refractivity contribution is 0.733. The summed E-state index contributed by atoms with van der Waals surface area (Å²) in [5.41, 5.74) is 0. The molecule has 1 heteroatoms. The first-order valence-electron chi connectivity index (χ1n) is 2.52. The fourth-order valence-corrected chi connectivity index (χ4v) is 0.328. The van der Waals surface area contributed by atoms with Crippen LogP contribution in [0.5, 0.6) is 0 Å². The van der Waals surface area contributed by atoms with Crippen molar-refractivity contribution in [3.63, 3.8) is 0 Å². The Morgan fingerprint density at radius 3 is 2.86 bits per heavy atom. The molecule has 0 fully saturated rings. The highest BCUT2D eigenvalue weighted by atomic mass is 14.8. The van der Waals surface area contributed by atoms with E-state index in [-0.39, 0.29) is 0 Å². The highest BCUT2D eigenvalue weighted by molar-refractivity contribution is 4.75. The Balaban J connectivity index is 2.60. The van der Waals surface area contributed by atoms with Gasteiger partial charge >= 0.3 is 0 Å². The van der Waals surface area contributed by atoms with Crippen molar-refractivity contribution < 1.29 is 0 Å². The van der Waals surface area contributed by atoms with Crippen molar-refractivity contribution in [2.75, 3.05) is 13.1 Å². The molecule has 0 spiro atoms. The van der Waals surface area contributed by atoms with Crippen LogP contribution in [0.2, 0.25) is 0 Å². The molecular formula is C6H10N. The van der Waals surface area contributed by atoms with Crippen molar-refractivity contribution in [2.45, 2.75) is 13.3 Å². The van der Waals surface area contributed by atoms with Crippen LogP contribution in [0.1, 0.15) is 13.3 Å². The third-order valence-electron chi connectivity index (χ3n) is 0.677. The average molecular weight is 96.2 g/mol. The molecule has 0 saturated heterocycles. The van der Waals surface area contributed by atoms with Crippen LogP contribution < -0.4 is 5.32 Å². The third-order valence-corrected chi connectivity index (χ3v) is 0.677. The molecule has 0 aliphatic carbocycles. The first-order chi connectivity index (χ1) is 3.41. The largest absolute Gasteiger partial charge is 0.316 e.